The maximum atomic E-state index is 8.89. The molecule has 0 heterocycles. The Bertz CT molecular complexity index is 83.6. The molecule has 0 atom stereocenters. The van der Waals surface area contributed by atoms with Gasteiger partial charge in [-0.1, -0.05) is 0 Å². The summed E-state index contributed by atoms with van der Waals surface area (Å²) in [4.78, 5) is 8.89. The summed E-state index contributed by atoms with van der Waals surface area (Å²) in [5.41, 5.74) is 0. The zero-order valence-electron chi connectivity index (χ0n) is 6.84. The molecule has 0 aromatic rings. The number of nitrogens with one attached hydrogen (secondary N) is 1. The molecule has 0 aromatic carbocycles. The molecule has 0 saturated heterocycles. The summed E-state index contributed by atoms with van der Waals surface area (Å²) >= 11 is 0. The van der Waals surface area contributed by atoms with E-state index in [1.807, 2.05) is 0 Å². The van der Waals surface area contributed by atoms with E-state index in [-0.39, 0.29) is 30.3 Å². The molecule has 0 fully saturated rings. The summed E-state index contributed by atoms with van der Waals surface area (Å²) in [7, 11) is 0. The van der Waals surface area contributed by atoms with E-state index in [1.54, 1.807) is 0 Å². The molecular formula is C6H14CuNO4. The number of carbonyl (C=O) groups is 1. The number of hydrogen-bond acceptors (Lipinski definition) is 5. The van der Waals surface area contributed by atoms with Crippen LogP contribution in [0.4, 0.5) is 0 Å². The van der Waals surface area contributed by atoms with Gasteiger partial charge >= 0.3 is 17.1 Å². The Labute approximate surface area is 82.3 Å². The fourth-order valence-electron chi connectivity index (χ4n) is 0.283. The number of rotatable bonds is 4. The fourth-order valence-corrected chi connectivity index (χ4v) is 0.283. The predicted octanol–water partition coefficient (Wildman–Crippen LogP) is -2.69. The van der Waals surface area contributed by atoms with Crippen molar-refractivity contribution in [1.82, 2.24) is 5.32 Å². The molecule has 12 heavy (non-hydrogen) atoms. The molecule has 0 aliphatic rings. The van der Waals surface area contributed by atoms with Gasteiger partial charge < -0.3 is 25.4 Å². The molecule has 0 spiro atoms. The van der Waals surface area contributed by atoms with Gasteiger partial charge in [0, 0.05) is 19.1 Å². The predicted molar refractivity (Wildman–Crippen MR) is 37.7 cm³/mol. The topological polar surface area (TPSA) is 92.6 Å². The van der Waals surface area contributed by atoms with Gasteiger partial charge in [-0.2, -0.15) is 0 Å². The Morgan fingerprint density at radius 2 is 1.58 bits per heavy atom. The number of aliphatic hydroxyl groups is 2. The SMILES string of the molecule is CC(=O)[O-].OCCNCCO.[Cu+]. The number of aliphatic hydroxyl groups excluding tert-OH is 2. The average Bonchev–Trinajstić information content (AvgIpc) is 1.88. The van der Waals surface area contributed by atoms with E-state index >= 15 is 0 Å². The van der Waals surface area contributed by atoms with Gasteiger partial charge in [0.25, 0.3) is 0 Å². The molecule has 5 nitrogen and oxygen atoms in total. The Hall–Kier alpha value is -0.131. The first-order chi connectivity index (χ1) is 5.15. The minimum atomic E-state index is -1.08. The van der Waals surface area contributed by atoms with Gasteiger partial charge in [0.05, 0.1) is 13.2 Å². The van der Waals surface area contributed by atoms with E-state index in [0.29, 0.717) is 13.1 Å². The molecule has 6 heteroatoms. The minimum absolute atomic E-state index is 0. The number of carboxylic acids is 1. The average molecular weight is 228 g/mol. The van der Waals surface area contributed by atoms with Gasteiger partial charge in [0.15, 0.2) is 0 Å². The second-order valence-corrected chi connectivity index (χ2v) is 1.69. The first-order valence-electron chi connectivity index (χ1n) is 3.25. The Morgan fingerprint density at radius 3 is 1.75 bits per heavy atom. The maximum Gasteiger partial charge on any atom is 1.00 e. The normalized spacial score (nSPS) is 7.58. The monoisotopic (exact) mass is 227 g/mol. The van der Waals surface area contributed by atoms with Crippen molar-refractivity contribution < 1.29 is 37.2 Å². The molecule has 0 bridgehead atoms. The summed E-state index contributed by atoms with van der Waals surface area (Å²) in [6, 6.07) is 0. The molecule has 0 rings (SSSR count). The van der Waals surface area contributed by atoms with Gasteiger partial charge in [0.1, 0.15) is 0 Å². The van der Waals surface area contributed by atoms with Crippen molar-refractivity contribution in [2.75, 3.05) is 26.3 Å². The van der Waals surface area contributed by atoms with Gasteiger partial charge in [-0.15, -0.1) is 0 Å². The van der Waals surface area contributed by atoms with E-state index in [0.717, 1.165) is 6.92 Å². The van der Waals surface area contributed by atoms with Crippen LogP contribution < -0.4 is 10.4 Å². The van der Waals surface area contributed by atoms with Crippen LogP contribution in [-0.2, 0) is 21.9 Å². The van der Waals surface area contributed by atoms with E-state index in [1.165, 1.54) is 0 Å². The Morgan fingerprint density at radius 1 is 1.33 bits per heavy atom. The van der Waals surface area contributed by atoms with Crippen LogP contribution >= 0.6 is 0 Å². The summed E-state index contributed by atoms with van der Waals surface area (Å²) in [6.45, 7) is 2.39. The summed E-state index contributed by atoms with van der Waals surface area (Å²) < 4.78 is 0. The molecule has 0 radical (unpaired) electrons. The van der Waals surface area contributed by atoms with E-state index in [2.05, 4.69) is 5.32 Å². The van der Waals surface area contributed by atoms with Crippen LogP contribution in [-0.4, -0.2) is 42.5 Å². The smallest absolute Gasteiger partial charge is 0.550 e. The van der Waals surface area contributed by atoms with Crippen LogP contribution in [0.2, 0.25) is 0 Å². The van der Waals surface area contributed by atoms with Crippen LogP contribution in [0.25, 0.3) is 0 Å². The van der Waals surface area contributed by atoms with Gasteiger partial charge in [-0.3, -0.25) is 0 Å². The first-order valence-corrected chi connectivity index (χ1v) is 3.25. The molecular weight excluding hydrogens is 214 g/mol. The second-order valence-electron chi connectivity index (χ2n) is 1.69. The molecule has 0 saturated carbocycles. The van der Waals surface area contributed by atoms with Crippen molar-refractivity contribution in [1.29, 1.82) is 0 Å². The van der Waals surface area contributed by atoms with Crippen molar-refractivity contribution in [3.63, 3.8) is 0 Å². The first kappa shape index (κ1) is 17.8. The van der Waals surface area contributed by atoms with E-state index in [9.17, 15) is 0 Å². The van der Waals surface area contributed by atoms with Gasteiger partial charge in [-0.25, -0.2) is 0 Å². The molecule has 0 aromatic heterocycles. The fraction of sp³-hybridized carbons (Fsp3) is 0.833. The van der Waals surface area contributed by atoms with Crippen molar-refractivity contribution >= 4 is 5.97 Å². The van der Waals surface area contributed by atoms with Crippen LogP contribution in [0.5, 0.6) is 0 Å². The minimum Gasteiger partial charge on any atom is -0.550 e. The number of carboxylic acid groups (broad SMARTS) is 1. The third-order valence-electron chi connectivity index (χ3n) is 0.577. The Balaban J connectivity index is -0.000000142. The maximum absolute atomic E-state index is 8.89. The summed E-state index contributed by atoms with van der Waals surface area (Å²) in [5, 5.41) is 28.0. The molecule has 0 aliphatic heterocycles. The van der Waals surface area contributed by atoms with Crippen molar-refractivity contribution in [2.24, 2.45) is 0 Å². The number of hydrogen-bond donors (Lipinski definition) is 3. The molecule has 78 valence electrons. The zero-order valence-corrected chi connectivity index (χ0v) is 7.78. The van der Waals surface area contributed by atoms with Gasteiger partial charge in [-0.05, 0) is 6.92 Å². The van der Waals surface area contributed by atoms with E-state index in [4.69, 9.17) is 20.1 Å². The third kappa shape index (κ3) is 51.9. The quantitative estimate of drug-likeness (QED) is 0.360. The van der Waals surface area contributed by atoms with E-state index < -0.39 is 5.97 Å². The number of aliphatic carboxylic acids is 1. The van der Waals surface area contributed by atoms with Crippen LogP contribution in [0.15, 0.2) is 0 Å². The Kier molecular flexibility index (Phi) is 25.4. The van der Waals surface area contributed by atoms with Crippen molar-refractivity contribution in [3.8, 4) is 0 Å². The molecule has 0 unspecified atom stereocenters. The second kappa shape index (κ2) is 17.1. The molecule has 3 N–H and O–H groups in total. The molecule has 0 amide bonds. The van der Waals surface area contributed by atoms with Crippen LogP contribution in [0, 0.1) is 0 Å². The van der Waals surface area contributed by atoms with Crippen LogP contribution in [0.1, 0.15) is 6.92 Å². The summed E-state index contributed by atoms with van der Waals surface area (Å²) in [6.07, 6.45) is 0. The number of carbonyl (C=O) groups excluding carboxylic acids is 1. The molecule has 0 aliphatic carbocycles. The summed E-state index contributed by atoms with van der Waals surface area (Å²) in [5.74, 6) is -1.08. The zero-order chi connectivity index (χ0) is 9.11. The largest absolute Gasteiger partial charge is 1.00 e. The van der Waals surface area contributed by atoms with Crippen molar-refractivity contribution in [2.45, 2.75) is 6.92 Å². The van der Waals surface area contributed by atoms with Gasteiger partial charge in [0.2, 0.25) is 0 Å². The standard InChI is InChI=1S/C4H11NO2.C2H4O2.Cu/c6-3-1-5-2-4-7;1-2(3)4;/h5-7H,1-4H2;1H3,(H,3,4);/q;;+1/p-1. The third-order valence-corrected chi connectivity index (χ3v) is 0.577. The van der Waals surface area contributed by atoms with Crippen LogP contribution in [0.3, 0.4) is 0 Å². The van der Waals surface area contributed by atoms with Crippen molar-refractivity contribution in [3.05, 3.63) is 0 Å².